The highest BCUT2D eigenvalue weighted by Gasteiger charge is 2.28. The van der Waals surface area contributed by atoms with Gasteiger partial charge in [0, 0.05) is 19.9 Å². The van der Waals surface area contributed by atoms with Crippen LogP contribution in [-0.2, 0) is 9.53 Å². The maximum Gasteiger partial charge on any atom is 0.257 e. The van der Waals surface area contributed by atoms with Crippen LogP contribution in [0.4, 0.5) is 5.13 Å². The van der Waals surface area contributed by atoms with Crippen LogP contribution in [0.15, 0.2) is 12.4 Å². The zero-order chi connectivity index (χ0) is 14.8. The van der Waals surface area contributed by atoms with Gasteiger partial charge in [0.25, 0.3) is 5.91 Å². The van der Waals surface area contributed by atoms with Gasteiger partial charge in [-0.2, -0.15) is 0 Å². The molecule has 2 aromatic heterocycles. The van der Waals surface area contributed by atoms with Crippen molar-refractivity contribution in [2.24, 2.45) is 0 Å². The van der Waals surface area contributed by atoms with E-state index in [1.54, 1.807) is 19.4 Å². The fourth-order valence-corrected chi connectivity index (χ4v) is 2.81. The highest BCUT2D eigenvalue weighted by molar-refractivity contribution is 7.18. The summed E-state index contributed by atoms with van der Waals surface area (Å²) < 4.78 is 5.40. The number of carbonyl (C=O) groups excluding carboxylic acids is 1. The minimum Gasteiger partial charge on any atom is -0.368 e. The minimum atomic E-state index is -0.360. The average molecular weight is 305 g/mol. The summed E-state index contributed by atoms with van der Waals surface area (Å²) >= 11 is 1.31. The van der Waals surface area contributed by atoms with Crippen LogP contribution < -0.4 is 4.90 Å². The van der Waals surface area contributed by atoms with Gasteiger partial charge in [0.1, 0.15) is 11.8 Å². The fraction of sp³-hybridized carbons (Fsp3) is 0.462. The zero-order valence-corrected chi connectivity index (χ0v) is 12.6. The number of ether oxygens (including phenoxy) is 1. The van der Waals surface area contributed by atoms with Crippen molar-refractivity contribution in [3.8, 4) is 10.7 Å². The van der Waals surface area contributed by atoms with Gasteiger partial charge in [0.15, 0.2) is 5.01 Å². The Hall–Kier alpha value is -1.93. The Kier molecular flexibility index (Phi) is 3.89. The second kappa shape index (κ2) is 5.82. The topological polar surface area (TPSA) is 81.1 Å². The lowest BCUT2D eigenvalue weighted by Crippen LogP contribution is -2.35. The SMILES string of the molecule is Cc1cnc(-c2nnc(N(C)C(=O)[C@H]3CCCO3)s2)cn1. The van der Waals surface area contributed by atoms with Crippen molar-refractivity contribution in [3.05, 3.63) is 18.1 Å². The Bertz CT molecular complexity index is 636. The van der Waals surface area contributed by atoms with Crippen LogP contribution in [0.25, 0.3) is 10.7 Å². The summed E-state index contributed by atoms with van der Waals surface area (Å²) in [4.78, 5) is 22.2. The van der Waals surface area contributed by atoms with Gasteiger partial charge in [-0.05, 0) is 19.8 Å². The molecule has 0 unspecified atom stereocenters. The van der Waals surface area contributed by atoms with Crippen LogP contribution in [0.3, 0.4) is 0 Å². The molecule has 21 heavy (non-hydrogen) atoms. The molecule has 1 amide bonds. The van der Waals surface area contributed by atoms with Crippen molar-refractivity contribution in [1.82, 2.24) is 20.2 Å². The van der Waals surface area contributed by atoms with E-state index >= 15 is 0 Å². The van der Waals surface area contributed by atoms with Crippen molar-refractivity contribution in [3.63, 3.8) is 0 Å². The number of hydrogen-bond acceptors (Lipinski definition) is 7. The van der Waals surface area contributed by atoms with Gasteiger partial charge in [0.2, 0.25) is 5.13 Å². The second-order valence-electron chi connectivity index (χ2n) is 4.83. The Balaban J connectivity index is 1.77. The second-order valence-corrected chi connectivity index (χ2v) is 5.79. The maximum atomic E-state index is 12.2. The fourth-order valence-electron chi connectivity index (χ4n) is 2.04. The molecule has 0 aliphatic carbocycles. The molecule has 7 nitrogen and oxygen atoms in total. The first-order chi connectivity index (χ1) is 10.1. The van der Waals surface area contributed by atoms with E-state index in [9.17, 15) is 4.79 Å². The number of nitrogens with zero attached hydrogens (tertiary/aromatic N) is 5. The van der Waals surface area contributed by atoms with Gasteiger partial charge in [0.05, 0.1) is 11.9 Å². The lowest BCUT2D eigenvalue weighted by Gasteiger charge is -2.16. The van der Waals surface area contributed by atoms with Crippen LogP contribution in [-0.4, -0.2) is 45.8 Å². The summed E-state index contributed by atoms with van der Waals surface area (Å²) in [6.45, 7) is 2.51. The molecule has 0 saturated carbocycles. The molecule has 0 N–H and O–H groups in total. The molecule has 1 saturated heterocycles. The summed E-state index contributed by atoms with van der Waals surface area (Å²) in [6, 6.07) is 0. The first-order valence-electron chi connectivity index (χ1n) is 6.67. The first kappa shape index (κ1) is 14.0. The number of likely N-dealkylation sites (N-methyl/N-ethyl adjacent to an activating group) is 1. The molecular weight excluding hydrogens is 290 g/mol. The molecule has 0 radical (unpaired) electrons. The predicted molar refractivity (Wildman–Crippen MR) is 78.1 cm³/mol. The van der Waals surface area contributed by atoms with Crippen molar-refractivity contribution in [2.45, 2.75) is 25.9 Å². The molecule has 3 rings (SSSR count). The standard InChI is InChI=1S/C13H15N5O2S/c1-8-6-15-9(7-14-8)11-16-17-13(21-11)18(2)12(19)10-4-3-5-20-10/h6-7,10H,3-5H2,1-2H3/t10-/m1/s1. The lowest BCUT2D eigenvalue weighted by atomic mass is 10.2. The Labute approximate surface area is 126 Å². The minimum absolute atomic E-state index is 0.0785. The molecule has 1 fully saturated rings. The van der Waals surface area contributed by atoms with E-state index < -0.39 is 0 Å². The molecular formula is C13H15N5O2S. The van der Waals surface area contributed by atoms with E-state index in [0.717, 1.165) is 18.5 Å². The molecule has 0 spiro atoms. The number of hydrogen-bond donors (Lipinski definition) is 0. The number of aryl methyl sites for hydroxylation is 1. The summed E-state index contributed by atoms with van der Waals surface area (Å²) in [6.07, 6.45) is 4.66. The third kappa shape index (κ3) is 2.91. The first-order valence-corrected chi connectivity index (χ1v) is 7.48. The monoisotopic (exact) mass is 305 g/mol. The van der Waals surface area contributed by atoms with E-state index in [0.29, 0.717) is 22.4 Å². The molecule has 3 heterocycles. The highest BCUT2D eigenvalue weighted by atomic mass is 32.1. The number of carbonyl (C=O) groups is 1. The molecule has 0 aromatic carbocycles. The van der Waals surface area contributed by atoms with E-state index in [-0.39, 0.29) is 12.0 Å². The number of anilines is 1. The van der Waals surface area contributed by atoms with Gasteiger partial charge in [-0.15, -0.1) is 10.2 Å². The predicted octanol–water partition coefficient (Wildman–Crippen LogP) is 1.45. The summed E-state index contributed by atoms with van der Waals surface area (Å²) in [5.74, 6) is -0.0785. The van der Waals surface area contributed by atoms with Crippen LogP contribution in [0, 0.1) is 6.92 Å². The third-order valence-electron chi connectivity index (χ3n) is 3.24. The van der Waals surface area contributed by atoms with Crippen molar-refractivity contribution in [2.75, 3.05) is 18.6 Å². The summed E-state index contributed by atoms with van der Waals surface area (Å²) in [5.41, 5.74) is 1.50. The van der Waals surface area contributed by atoms with E-state index in [4.69, 9.17) is 4.74 Å². The number of amides is 1. The maximum absolute atomic E-state index is 12.2. The molecule has 0 bridgehead atoms. The normalized spacial score (nSPS) is 17.9. The Morgan fingerprint density at radius 2 is 2.24 bits per heavy atom. The zero-order valence-electron chi connectivity index (χ0n) is 11.8. The van der Waals surface area contributed by atoms with E-state index in [1.807, 2.05) is 6.92 Å². The third-order valence-corrected chi connectivity index (χ3v) is 4.26. The van der Waals surface area contributed by atoms with Crippen LogP contribution in [0.2, 0.25) is 0 Å². The number of aromatic nitrogens is 4. The van der Waals surface area contributed by atoms with Crippen molar-refractivity contribution >= 4 is 22.4 Å². The van der Waals surface area contributed by atoms with Crippen LogP contribution in [0.5, 0.6) is 0 Å². The van der Waals surface area contributed by atoms with Gasteiger partial charge in [-0.3, -0.25) is 19.7 Å². The van der Waals surface area contributed by atoms with Gasteiger partial charge in [-0.1, -0.05) is 11.3 Å². The van der Waals surface area contributed by atoms with Crippen molar-refractivity contribution < 1.29 is 9.53 Å². The smallest absolute Gasteiger partial charge is 0.257 e. The largest absolute Gasteiger partial charge is 0.368 e. The van der Waals surface area contributed by atoms with Crippen LogP contribution in [0.1, 0.15) is 18.5 Å². The van der Waals surface area contributed by atoms with Gasteiger partial charge >= 0.3 is 0 Å². The van der Waals surface area contributed by atoms with Gasteiger partial charge in [-0.25, -0.2) is 0 Å². The van der Waals surface area contributed by atoms with E-state index in [2.05, 4.69) is 20.2 Å². The summed E-state index contributed by atoms with van der Waals surface area (Å²) in [7, 11) is 1.69. The Morgan fingerprint density at radius 1 is 1.38 bits per heavy atom. The quantitative estimate of drug-likeness (QED) is 0.853. The molecule has 110 valence electrons. The van der Waals surface area contributed by atoms with E-state index in [1.165, 1.54) is 16.2 Å². The van der Waals surface area contributed by atoms with Gasteiger partial charge < -0.3 is 4.74 Å². The molecule has 8 heteroatoms. The van der Waals surface area contributed by atoms with Crippen LogP contribution >= 0.6 is 11.3 Å². The molecule has 1 atom stereocenters. The lowest BCUT2D eigenvalue weighted by molar-refractivity contribution is -0.127. The van der Waals surface area contributed by atoms with Crippen molar-refractivity contribution in [1.29, 1.82) is 0 Å². The highest BCUT2D eigenvalue weighted by Crippen LogP contribution is 2.27. The Morgan fingerprint density at radius 3 is 2.90 bits per heavy atom. The summed E-state index contributed by atoms with van der Waals surface area (Å²) in [5, 5.41) is 9.31. The molecule has 2 aromatic rings. The number of rotatable bonds is 3. The molecule has 1 aliphatic heterocycles. The average Bonchev–Trinajstić information content (AvgIpc) is 3.18. The molecule has 1 aliphatic rings.